The second-order valence-corrected chi connectivity index (χ2v) is 3.61. The van der Waals surface area contributed by atoms with Gasteiger partial charge in [-0.3, -0.25) is 0 Å². The van der Waals surface area contributed by atoms with Crippen LogP contribution in [0.25, 0.3) is 0 Å². The molecule has 1 aromatic heterocycles. The number of pyridine rings is 1. The van der Waals surface area contributed by atoms with Gasteiger partial charge < -0.3 is 10.8 Å². The van der Waals surface area contributed by atoms with Crippen molar-refractivity contribution in [1.82, 2.24) is 4.98 Å². The first kappa shape index (κ1) is 10.8. The van der Waals surface area contributed by atoms with E-state index in [2.05, 4.69) is 4.98 Å². The van der Waals surface area contributed by atoms with Crippen LogP contribution in [0.2, 0.25) is 5.15 Å². The fourth-order valence-electron chi connectivity index (χ4n) is 1.34. The molecule has 0 saturated carbocycles. The minimum Gasteiger partial charge on any atom is -0.478 e. The lowest BCUT2D eigenvalue weighted by atomic mass is 9.97. The number of anilines is 1. The summed E-state index contributed by atoms with van der Waals surface area (Å²) in [6.07, 6.45) is 1.38. The summed E-state index contributed by atoms with van der Waals surface area (Å²) in [4.78, 5) is 14.6. The molecule has 0 radical (unpaired) electrons. The van der Waals surface area contributed by atoms with Gasteiger partial charge in [-0.2, -0.15) is 0 Å². The summed E-state index contributed by atoms with van der Waals surface area (Å²) in [5.41, 5.74) is 6.55. The summed E-state index contributed by atoms with van der Waals surface area (Å²) in [7, 11) is 0. The molecule has 0 unspecified atom stereocenters. The van der Waals surface area contributed by atoms with Crippen molar-refractivity contribution < 1.29 is 9.90 Å². The Bertz CT molecular complexity index is 377. The lowest BCUT2D eigenvalue weighted by molar-refractivity contribution is 0.0695. The first-order chi connectivity index (χ1) is 6.45. The summed E-state index contributed by atoms with van der Waals surface area (Å²) in [5.74, 6) is -1.10. The summed E-state index contributed by atoms with van der Waals surface area (Å²) >= 11 is 5.69. The Labute approximate surface area is 86.7 Å². The lowest BCUT2D eigenvalue weighted by Crippen LogP contribution is -2.09. The monoisotopic (exact) mass is 214 g/mol. The van der Waals surface area contributed by atoms with Crippen molar-refractivity contribution in [3.8, 4) is 0 Å². The summed E-state index contributed by atoms with van der Waals surface area (Å²) in [6, 6.07) is 0. The number of nitrogen functional groups attached to an aromatic ring is 1. The van der Waals surface area contributed by atoms with Gasteiger partial charge in [0.1, 0.15) is 10.7 Å². The van der Waals surface area contributed by atoms with Crippen molar-refractivity contribution in [2.24, 2.45) is 0 Å². The minimum absolute atomic E-state index is 0.00148. The zero-order valence-corrected chi connectivity index (χ0v) is 8.67. The number of halogens is 1. The van der Waals surface area contributed by atoms with E-state index in [-0.39, 0.29) is 16.6 Å². The van der Waals surface area contributed by atoms with E-state index in [0.717, 1.165) is 0 Å². The first-order valence-electron chi connectivity index (χ1n) is 4.12. The molecule has 0 saturated heterocycles. The number of carbonyl (C=O) groups is 1. The van der Waals surface area contributed by atoms with Gasteiger partial charge in [0.05, 0.1) is 11.9 Å². The molecular formula is C9H11ClN2O2. The largest absolute Gasteiger partial charge is 0.478 e. The fourth-order valence-corrected chi connectivity index (χ4v) is 1.57. The van der Waals surface area contributed by atoms with E-state index in [4.69, 9.17) is 22.4 Å². The van der Waals surface area contributed by atoms with Crippen molar-refractivity contribution in [2.45, 2.75) is 19.8 Å². The molecule has 0 aliphatic rings. The molecule has 0 atom stereocenters. The van der Waals surface area contributed by atoms with E-state index >= 15 is 0 Å². The van der Waals surface area contributed by atoms with Gasteiger partial charge >= 0.3 is 5.97 Å². The predicted molar refractivity (Wildman–Crippen MR) is 54.7 cm³/mol. The Morgan fingerprint density at radius 1 is 1.64 bits per heavy atom. The van der Waals surface area contributed by atoms with Crippen LogP contribution in [-0.4, -0.2) is 16.1 Å². The van der Waals surface area contributed by atoms with Gasteiger partial charge in [-0.15, -0.1) is 0 Å². The third kappa shape index (κ3) is 1.80. The third-order valence-corrected chi connectivity index (χ3v) is 2.18. The summed E-state index contributed by atoms with van der Waals surface area (Å²) in [5, 5.41) is 8.92. The van der Waals surface area contributed by atoms with E-state index in [1.54, 1.807) is 0 Å². The molecule has 1 aromatic rings. The predicted octanol–water partition coefficient (Wildman–Crippen LogP) is 2.14. The standard InChI is InChI=1S/C9H11ClN2O2/c1-4(2)6-5(11)3-12-8(10)7(6)9(13)14/h3-4H,11H2,1-2H3,(H,13,14). The quantitative estimate of drug-likeness (QED) is 0.740. The highest BCUT2D eigenvalue weighted by atomic mass is 35.5. The number of carboxylic acid groups (broad SMARTS) is 1. The average Bonchev–Trinajstić information content (AvgIpc) is 2.07. The molecule has 0 bridgehead atoms. The SMILES string of the molecule is CC(C)c1c(N)cnc(Cl)c1C(=O)O. The van der Waals surface area contributed by atoms with Gasteiger partial charge in [0, 0.05) is 0 Å². The van der Waals surface area contributed by atoms with Gasteiger partial charge in [-0.25, -0.2) is 9.78 Å². The molecule has 0 fully saturated rings. The Balaban J connectivity index is 3.50. The van der Waals surface area contributed by atoms with E-state index in [1.165, 1.54) is 6.20 Å². The Morgan fingerprint density at radius 2 is 2.21 bits per heavy atom. The number of hydrogen-bond donors (Lipinski definition) is 2. The van der Waals surface area contributed by atoms with Crippen LogP contribution in [-0.2, 0) is 0 Å². The van der Waals surface area contributed by atoms with E-state index in [0.29, 0.717) is 11.3 Å². The van der Waals surface area contributed by atoms with Gasteiger partial charge in [-0.1, -0.05) is 25.4 Å². The maximum absolute atomic E-state index is 10.9. The Hall–Kier alpha value is -1.29. The number of hydrogen-bond acceptors (Lipinski definition) is 3. The van der Waals surface area contributed by atoms with Crippen molar-refractivity contribution in [3.63, 3.8) is 0 Å². The summed E-state index contributed by atoms with van der Waals surface area (Å²) in [6.45, 7) is 3.71. The number of carboxylic acids is 1. The Kier molecular flexibility index (Phi) is 2.96. The highest BCUT2D eigenvalue weighted by molar-refractivity contribution is 6.32. The number of rotatable bonds is 2. The normalized spacial score (nSPS) is 10.6. The van der Waals surface area contributed by atoms with Gasteiger partial charge in [0.25, 0.3) is 0 Å². The molecule has 0 amide bonds. The highest BCUT2D eigenvalue weighted by Gasteiger charge is 2.20. The van der Waals surface area contributed by atoms with Crippen molar-refractivity contribution in [2.75, 3.05) is 5.73 Å². The topological polar surface area (TPSA) is 76.2 Å². The number of nitrogens with zero attached hydrogens (tertiary/aromatic N) is 1. The lowest BCUT2D eigenvalue weighted by Gasteiger charge is -2.13. The van der Waals surface area contributed by atoms with Crippen LogP contribution in [0.5, 0.6) is 0 Å². The molecule has 76 valence electrons. The average molecular weight is 215 g/mol. The zero-order chi connectivity index (χ0) is 10.9. The van der Waals surface area contributed by atoms with Crippen molar-refractivity contribution in [3.05, 3.63) is 22.5 Å². The van der Waals surface area contributed by atoms with Crippen LogP contribution < -0.4 is 5.73 Å². The second-order valence-electron chi connectivity index (χ2n) is 3.25. The molecular weight excluding hydrogens is 204 g/mol. The van der Waals surface area contributed by atoms with Crippen LogP contribution in [0.4, 0.5) is 5.69 Å². The van der Waals surface area contributed by atoms with Crippen LogP contribution in [0.15, 0.2) is 6.20 Å². The van der Waals surface area contributed by atoms with Crippen molar-refractivity contribution in [1.29, 1.82) is 0 Å². The third-order valence-electron chi connectivity index (χ3n) is 1.89. The maximum Gasteiger partial charge on any atom is 0.339 e. The molecule has 0 aliphatic heterocycles. The van der Waals surface area contributed by atoms with Crippen LogP contribution in [0.3, 0.4) is 0 Å². The molecule has 14 heavy (non-hydrogen) atoms. The number of aromatic nitrogens is 1. The van der Waals surface area contributed by atoms with E-state index in [9.17, 15) is 4.79 Å². The number of nitrogens with two attached hydrogens (primary N) is 1. The molecule has 1 heterocycles. The smallest absolute Gasteiger partial charge is 0.339 e. The Morgan fingerprint density at radius 3 is 2.57 bits per heavy atom. The molecule has 0 aromatic carbocycles. The maximum atomic E-state index is 10.9. The second kappa shape index (κ2) is 3.84. The van der Waals surface area contributed by atoms with Gasteiger partial charge in [0.2, 0.25) is 0 Å². The van der Waals surface area contributed by atoms with Gasteiger partial charge in [0.15, 0.2) is 0 Å². The molecule has 4 nitrogen and oxygen atoms in total. The van der Waals surface area contributed by atoms with Crippen molar-refractivity contribution >= 4 is 23.3 Å². The molecule has 0 aliphatic carbocycles. The van der Waals surface area contributed by atoms with Crippen LogP contribution >= 0.6 is 11.6 Å². The summed E-state index contributed by atoms with van der Waals surface area (Å²) < 4.78 is 0. The molecule has 1 rings (SSSR count). The van der Waals surface area contributed by atoms with E-state index in [1.807, 2.05) is 13.8 Å². The molecule has 3 N–H and O–H groups in total. The van der Waals surface area contributed by atoms with E-state index < -0.39 is 5.97 Å². The zero-order valence-electron chi connectivity index (χ0n) is 7.91. The molecule has 5 heteroatoms. The van der Waals surface area contributed by atoms with Crippen LogP contribution in [0.1, 0.15) is 35.7 Å². The number of aromatic carboxylic acids is 1. The van der Waals surface area contributed by atoms with Crippen LogP contribution in [0, 0.1) is 0 Å². The fraction of sp³-hybridized carbons (Fsp3) is 0.333. The first-order valence-corrected chi connectivity index (χ1v) is 4.50. The highest BCUT2D eigenvalue weighted by Crippen LogP contribution is 2.29. The van der Waals surface area contributed by atoms with Gasteiger partial charge in [-0.05, 0) is 11.5 Å². The molecule has 0 spiro atoms. The minimum atomic E-state index is -1.10.